The van der Waals surface area contributed by atoms with Crippen molar-refractivity contribution in [3.63, 3.8) is 0 Å². The Bertz CT molecular complexity index is 3320. The van der Waals surface area contributed by atoms with Gasteiger partial charge < -0.3 is 4.42 Å². The van der Waals surface area contributed by atoms with Gasteiger partial charge >= 0.3 is 0 Å². The van der Waals surface area contributed by atoms with Crippen LogP contribution in [0.2, 0.25) is 0 Å². The van der Waals surface area contributed by atoms with E-state index in [9.17, 15) is 0 Å². The number of hydrogen-bond donors (Lipinski definition) is 0. The van der Waals surface area contributed by atoms with Gasteiger partial charge in [-0.15, -0.1) is 0 Å². The molecule has 0 saturated heterocycles. The summed E-state index contributed by atoms with van der Waals surface area (Å²) < 4.78 is 6.76. The quantitative estimate of drug-likeness (QED) is 0.154. The summed E-state index contributed by atoms with van der Waals surface area (Å²) in [5.41, 5.74) is 15.6. The SMILES string of the molecule is c1ccc(-c2ccc(-c3cccc(-c4nc(-c5ccc(-c6ccccc6)cc5)nc(-c5cccc6oc7c(-c8cccc(-c9ccccc9)c8)cccc7c56)n4)c3)cc2)cc1. The van der Waals surface area contributed by atoms with Crippen LogP contribution in [0, 0.1) is 0 Å². The summed E-state index contributed by atoms with van der Waals surface area (Å²) in [5, 5.41) is 1.97. The zero-order valence-electron chi connectivity index (χ0n) is 33.1. The van der Waals surface area contributed by atoms with E-state index in [1.165, 1.54) is 16.7 Å². The van der Waals surface area contributed by atoms with E-state index in [0.717, 1.165) is 77.6 Å². The van der Waals surface area contributed by atoms with Crippen molar-refractivity contribution in [3.05, 3.63) is 224 Å². The molecule has 0 amide bonds. The summed E-state index contributed by atoms with van der Waals surface area (Å²) in [4.78, 5) is 15.6. The van der Waals surface area contributed by atoms with Crippen molar-refractivity contribution < 1.29 is 4.42 Å². The number of rotatable bonds is 8. The number of para-hydroxylation sites is 1. The summed E-state index contributed by atoms with van der Waals surface area (Å²) in [6.07, 6.45) is 0. The van der Waals surface area contributed by atoms with Crippen LogP contribution in [0.3, 0.4) is 0 Å². The zero-order chi connectivity index (χ0) is 40.5. The third-order valence-corrected chi connectivity index (χ3v) is 11.4. The molecule has 0 radical (unpaired) electrons. The highest BCUT2D eigenvalue weighted by Gasteiger charge is 2.20. The van der Waals surface area contributed by atoms with Gasteiger partial charge in [-0.05, 0) is 68.3 Å². The molecule has 0 atom stereocenters. The van der Waals surface area contributed by atoms with Crippen molar-refractivity contribution >= 4 is 21.9 Å². The van der Waals surface area contributed by atoms with Crippen LogP contribution < -0.4 is 0 Å². The molecule has 0 spiro atoms. The van der Waals surface area contributed by atoms with E-state index in [0.29, 0.717) is 17.5 Å². The topological polar surface area (TPSA) is 51.8 Å². The average Bonchev–Trinajstić information content (AvgIpc) is 3.74. The molecular weight excluding hydrogens is 743 g/mol. The molecule has 9 aromatic carbocycles. The van der Waals surface area contributed by atoms with E-state index in [-0.39, 0.29) is 0 Å². The fourth-order valence-electron chi connectivity index (χ4n) is 8.28. The molecule has 2 aromatic heterocycles. The molecule has 0 fully saturated rings. The lowest BCUT2D eigenvalue weighted by Crippen LogP contribution is -2.00. The van der Waals surface area contributed by atoms with Crippen LogP contribution in [0.15, 0.2) is 229 Å². The lowest BCUT2D eigenvalue weighted by molar-refractivity contribution is 0.670. The number of hydrogen-bond acceptors (Lipinski definition) is 4. The standard InChI is InChI=1S/C57H37N3O/c1-4-14-38(15-5-1)41-28-30-43(31-29-41)46-21-11-23-48(37-46)56-58-55(44-34-32-42(33-35-44)39-16-6-2-7-17-39)59-57(60-56)51-26-13-27-52-53(51)50-25-12-24-49(54(50)61-52)47-22-10-20-45(36-47)40-18-8-3-9-19-40/h1-37H. The highest BCUT2D eigenvalue weighted by atomic mass is 16.3. The molecule has 11 rings (SSSR count). The van der Waals surface area contributed by atoms with Gasteiger partial charge in [0.1, 0.15) is 11.2 Å². The van der Waals surface area contributed by atoms with Crippen molar-refractivity contribution in [1.82, 2.24) is 15.0 Å². The van der Waals surface area contributed by atoms with Crippen molar-refractivity contribution in [3.8, 4) is 89.8 Å². The number of fused-ring (bicyclic) bond motifs is 3. The molecule has 61 heavy (non-hydrogen) atoms. The van der Waals surface area contributed by atoms with Gasteiger partial charge in [-0.25, -0.2) is 15.0 Å². The Kier molecular flexibility index (Phi) is 9.14. The second kappa shape index (κ2) is 15.5. The molecule has 0 bridgehead atoms. The summed E-state index contributed by atoms with van der Waals surface area (Å²) in [6.45, 7) is 0. The number of aromatic nitrogens is 3. The Balaban J connectivity index is 1.04. The van der Waals surface area contributed by atoms with E-state index >= 15 is 0 Å². The van der Waals surface area contributed by atoms with E-state index in [1.54, 1.807) is 0 Å². The summed E-state index contributed by atoms with van der Waals surface area (Å²) >= 11 is 0. The summed E-state index contributed by atoms with van der Waals surface area (Å²) in [5.74, 6) is 1.77. The first-order chi connectivity index (χ1) is 30.2. The maximum absolute atomic E-state index is 6.76. The normalized spacial score (nSPS) is 11.3. The van der Waals surface area contributed by atoms with Crippen LogP contribution in [0.1, 0.15) is 0 Å². The first kappa shape index (κ1) is 35.9. The monoisotopic (exact) mass is 779 g/mol. The fraction of sp³-hybridized carbons (Fsp3) is 0. The highest BCUT2D eigenvalue weighted by Crippen LogP contribution is 2.41. The largest absolute Gasteiger partial charge is 0.455 e. The Hall–Kier alpha value is -8.21. The van der Waals surface area contributed by atoms with E-state index in [4.69, 9.17) is 19.4 Å². The van der Waals surface area contributed by atoms with E-state index in [2.05, 4.69) is 194 Å². The van der Waals surface area contributed by atoms with Crippen LogP contribution in [0.4, 0.5) is 0 Å². The molecule has 0 N–H and O–H groups in total. The first-order valence-electron chi connectivity index (χ1n) is 20.5. The molecular formula is C57H37N3O. The van der Waals surface area contributed by atoms with Crippen molar-refractivity contribution in [2.75, 3.05) is 0 Å². The van der Waals surface area contributed by atoms with Gasteiger partial charge in [-0.2, -0.15) is 0 Å². The predicted octanol–water partition coefficient (Wildman–Crippen LogP) is 15.1. The molecule has 286 valence electrons. The molecule has 0 saturated carbocycles. The smallest absolute Gasteiger partial charge is 0.164 e. The van der Waals surface area contributed by atoms with Gasteiger partial charge in [0.05, 0.1) is 0 Å². The summed E-state index contributed by atoms with van der Waals surface area (Å²) in [7, 11) is 0. The van der Waals surface area contributed by atoms with E-state index in [1.807, 2.05) is 30.3 Å². The molecule has 0 unspecified atom stereocenters. The highest BCUT2D eigenvalue weighted by molar-refractivity contribution is 6.15. The average molecular weight is 780 g/mol. The van der Waals surface area contributed by atoms with Crippen LogP contribution in [-0.4, -0.2) is 15.0 Å². The third kappa shape index (κ3) is 6.96. The molecule has 0 aliphatic carbocycles. The Labute approximate surface area is 354 Å². The Morgan fingerprint density at radius 2 is 0.656 bits per heavy atom. The number of nitrogens with zero attached hydrogens (tertiary/aromatic N) is 3. The van der Waals surface area contributed by atoms with Gasteiger partial charge in [0.2, 0.25) is 0 Å². The first-order valence-corrected chi connectivity index (χ1v) is 20.5. The van der Waals surface area contributed by atoms with Crippen LogP contribution in [0.5, 0.6) is 0 Å². The van der Waals surface area contributed by atoms with Crippen molar-refractivity contribution in [1.29, 1.82) is 0 Å². The molecule has 4 heteroatoms. The maximum atomic E-state index is 6.76. The van der Waals surface area contributed by atoms with Gasteiger partial charge in [-0.3, -0.25) is 0 Å². The molecule has 2 heterocycles. The molecule has 0 aliphatic heterocycles. The third-order valence-electron chi connectivity index (χ3n) is 11.4. The molecule has 11 aromatic rings. The minimum Gasteiger partial charge on any atom is -0.455 e. The Morgan fingerprint density at radius 1 is 0.262 bits per heavy atom. The van der Waals surface area contributed by atoms with Crippen molar-refractivity contribution in [2.45, 2.75) is 0 Å². The number of furan rings is 1. The van der Waals surface area contributed by atoms with Gasteiger partial charge in [0.25, 0.3) is 0 Å². The Morgan fingerprint density at radius 3 is 1.26 bits per heavy atom. The molecule has 0 aliphatic rings. The van der Waals surface area contributed by atoms with E-state index < -0.39 is 0 Å². The lowest BCUT2D eigenvalue weighted by Gasteiger charge is -2.11. The second-order valence-corrected chi connectivity index (χ2v) is 15.2. The van der Waals surface area contributed by atoms with Crippen molar-refractivity contribution in [2.24, 2.45) is 0 Å². The zero-order valence-corrected chi connectivity index (χ0v) is 33.1. The van der Waals surface area contributed by atoms with Gasteiger partial charge in [0.15, 0.2) is 17.5 Å². The fourth-order valence-corrected chi connectivity index (χ4v) is 8.28. The maximum Gasteiger partial charge on any atom is 0.164 e. The minimum atomic E-state index is 0.578. The second-order valence-electron chi connectivity index (χ2n) is 15.2. The number of benzene rings is 9. The minimum absolute atomic E-state index is 0.578. The summed E-state index contributed by atoms with van der Waals surface area (Å²) in [6, 6.07) is 78.1. The van der Waals surface area contributed by atoms with Crippen LogP contribution >= 0.6 is 0 Å². The van der Waals surface area contributed by atoms with Crippen LogP contribution in [0.25, 0.3) is 112 Å². The predicted molar refractivity (Wildman–Crippen MR) is 251 cm³/mol. The molecule has 4 nitrogen and oxygen atoms in total. The van der Waals surface area contributed by atoms with Gasteiger partial charge in [-0.1, -0.05) is 206 Å². The van der Waals surface area contributed by atoms with Crippen LogP contribution in [-0.2, 0) is 0 Å². The lowest BCUT2D eigenvalue weighted by atomic mass is 9.97. The van der Waals surface area contributed by atoms with Gasteiger partial charge in [0, 0.05) is 33.0 Å².